The summed E-state index contributed by atoms with van der Waals surface area (Å²) in [7, 11) is 1.35. The first-order valence-corrected chi connectivity index (χ1v) is 9.04. The maximum absolute atomic E-state index is 11.6. The number of ether oxygens (including phenoxy) is 1. The van der Waals surface area contributed by atoms with E-state index in [4.69, 9.17) is 4.74 Å². The van der Waals surface area contributed by atoms with Crippen molar-refractivity contribution in [2.75, 3.05) is 19.0 Å². The standard InChI is InChI=1S/C19H18N4O2S/c1-4-9-21-17-15-11(2)14(10-20)26-18(15)23-16(22-17)12-5-7-13(8-6-12)19(24)25-3/h5-8H,4,9H2,1-3H3,(H,21,22,23). The van der Waals surface area contributed by atoms with Gasteiger partial charge in [-0.2, -0.15) is 5.26 Å². The summed E-state index contributed by atoms with van der Waals surface area (Å²) >= 11 is 1.37. The normalized spacial score (nSPS) is 10.5. The highest BCUT2D eigenvalue weighted by atomic mass is 32.1. The number of aromatic nitrogens is 2. The molecule has 0 fully saturated rings. The van der Waals surface area contributed by atoms with Crippen molar-refractivity contribution in [1.82, 2.24) is 9.97 Å². The molecule has 0 aliphatic heterocycles. The smallest absolute Gasteiger partial charge is 0.337 e. The number of aryl methyl sites for hydroxylation is 1. The predicted octanol–water partition coefficient (Wildman–Crippen LogP) is 4.15. The highest BCUT2D eigenvalue weighted by Gasteiger charge is 2.17. The molecule has 0 radical (unpaired) electrons. The molecule has 0 bridgehead atoms. The lowest BCUT2D eigenvalue weighted by Crippen LogP contribution is -2.05. The van der Waals surface area contributed by atoms with Gasteiger partial charge in [-0.3, -0.25) is 0 Å². The highest BCUT2D eigenvalue weighted by Crippen LogP contribution is 2.35. The number of methoxy groups -OCH3 is 1. The van der Waals surface area contributed by atoms with Crippen molar-refractivity contribution in [1.29, 1.82) is 5.26 Å². The van der Waals surface area contributed by atoms with E-state index in [9.17, 15) is 10.1 Å². The molecule has 2 heterocycles. The molecular formula is C19H18N4O2S. The van der Waals surface area contributed by atoms with Gasteiger partial charge in [-0.25, -0.2) is 14.8 Å². The van der Waals surface area contributed by atoms with E-state index in [1.54, 1.807) is 24.3 Å². The van der Waals surface area contributed by atoms with Crippen molar-refractivity contribution in [2.24, 2.45) is 0 Å². The van der Waals surface area contributed by atoms with E-state index in [1.165, 1.54) is 18.4 Å². The van der Waals surface area contributed by atoms with Crippen LogP contribution in [0.3, 0.4) is 0 Å². The summed E-state index contributed by atoms with van der Waals surface area (Å²) in [5.74, 6) is 0.906. The molecule has 0 aliphatic rings. The molecule has 0 atom stereocenters. The Labute approximate surface area is 155 Å². The molecule has 1 aromatic carbocycles. The van der Waals surface area contributed by atoms with Crippen LogP contribution in [0, 0.1) is 18.3 Å². The molecule has 7 heteroatoms. The topological polar surface area (TPSA) is 87.9 Å². The third-order valence-electron chi connectivity index (χ3n) is 4.00. The number of esters is 1. The number of rotatable bonds is 5. The fourth-order valence-corrected chi connectivity index (χ4v) is 3.60. The van der Waals surface area contributed by atoms with Gasteiger partial charge in [-0.1, -0.05) is 19.1 Å². The molecular weight excluding hydrogens is 348 g/mol. The summed E-state index contributed by atoms with van der Waals surface area (Å²) in [6, 6.07) is 9.19. The summed E-state index contributed by atoms with van der Waals surface area (Å²) in [5.41, 5.74) is 2.17. The van der Waals surface area contributed by atoms with Crippen molar-refractivity contribution in [3.63, 3.8) is 0 Å². The van der Waals surface area contributed by atoms with Crippen LogP contribution in [0.15, 0.2) is 24.3 Å². The van der Waals surface area contributed by atoms with Crippen molar-refractivity contribution < 1.29 is 9.53 Å². The average molecular weight is 366 g/mol. The molecule has 2 aromatic heterocycles. The number of hydrogen-bond acceptors (Lipinski definition) is 7. The van der Waals surface area contributed by atoms with Gasteiger partial charge in [0.1, 0.15) is 21.6 Å². The maximum atomic E-state index is 11.6. The van der Waals surface area contributed by atoms with Gasteiger partial charge in [0.25, 0.3) is 0 Å². The number of thiophene rings is 1. The number of fused-ring (bicyclic) bond motifs is 1. The van der Waals surface area contributed by atoms with Gasteiger partial charge in [0, 0.05) is 12.1 Å². The van der Waals surface area contributed by atoms with Crippen LogP contribution in [0.25, 0.3) is 21.6 Å². The number of anilines is 1. The molecule has 1 N–H and O–H groups in total. The van der Waals surface area contributed by atoms with Crippen molar-refractivity contribution >= 4 is 33.3 Å². The zero-order valence-corrected chi connectivity index (χ0v) is 15.6. The first-order valence-electron chi connectivity index (χ1n) is 8.22. The maximum Gasteiger partial charge on any atom is 0.337 e. The van der Waals surface area contributed by atoms with E-state index in [0.29, 0.717) is 16.3 Å². The summed E-state index contributed by atoms with van der Waals surface area (Å²) in [5, 5.41) is 13.6. The van der Waals surface area contributed by atoms with Crippen LogP contribution in [-0.4, -0.2) is 29.6 Å². The number of nitrogens with one attached hydrogen (secondary N) is 1. The number of hydrogen-bond donors (Lipinski definition) is 1. The number of carbonyl (C=O) groups is 1. The minimum absolute atomic E-state index is 0.384. The monoisotopic (exact) mass is 366 g/mol. The Bertz CT molecular complexity index is 1000. The van der Waals surface area contributed by atoms with E-state index in [0.717, 1.165) is 40.1 Å². The summed E-state index contributed by atoms with van der Waals surface area (Å²) in [4.78, 5) is 22.3. The first kappa shape index (κ1) is 17.8. The third-order valence-corrected chi connectivity index (χ3v) is 5.09. The van der Waals surface area contributed by atoms with E-state index in [-0.39, 0.29) is 5.97 Å². The largest absolute Gasteiger partial charge is 0.465 e. The van der Waals surface area contributed by atoms with Gasteiger partial charge in [0.2, 0.25) is 0 Å². The molecule has 0 aliphatic carbocycles. The summed E-state index contributed by atoms with van der Waals surface area (Å²) in [6.07, 6.45) is 0.961. The van der Waals surface area contributed by atoms with Crippen LogP contribution in [0.4, 0.5) is 5.82 Å². The average Bonchev–Trinajstić information content (AvgIpc) is 3.01. The minimum atomic E-state index is -0.384. The lowest BCUT2D eigenvalue weighted by atomic mass is 10.1. The lowest BCUT2D eigenvalue weighted by molar-refractivity contribution is 0.0601. The van der Waals surface area contributed by atoms with Crippen LogP contribution in [0.2, 0.25) is 0 Å². The van der Waals surface area contributed by atoms with Gasteiger partial charge in [0.15, 0.2) is 5.82 Å². The molecule has 132 valence electrons. The van der Waals surface area contributed by atoms with Crippen LogP contribution in [-0.2, 0) is 4.74 Å². The van der Waals surface area contributed by atoms with Crippen molar-refractivity contribution in [3.8, 4) is 17.5 Å². The molecule has 0 saturated carbocycles. The molecule has 26 heavy (non-hydrogen) atoms. The zero-order valence-electron chi connectivity index (χ0n) is 14.8. The number of nitrogens with zero attached hydrogens (tertiary/aromatic N) is 3. The Morgan fingerprint density at radius 1 is 1.31 bits per heavy atom. The van der Waals surface area contributed by atoms with E-state index >= 15 is 0 Å². The Kier molecular flexibility index (Phi) is 5.14. The fourth-order valence-electron chi connectivity index (χ4n) is 2.62. The van der Waals surface area contributed by atoms with Gasteiger partial charge in [0.05, 0.1) is 18.1 Å². The molecule has 0 unspecified atom stereocenters. The second-order valence-corrected chi connectivity index (χ2v) is 6.74. The second kappa shape index (κ2) is 7.50. The molecule has 0 saturated heterocycles. The first-order chi connectivity index (χ1) is 12.6. The van der Waals surface area contributed by atoms with Crippen molar-refractivity contribution in [3.05, 3.63) is 40.3 Å². The molecule has 6 nitrogen and oxygen atoms in total. The molecule has 0 amide bonds. The molecule has 3 rings (SSSR count). The SMILES string of the molecule is CCCNc1nc(-c2ccc(C(=O)OC)cc2)nc2sc(C#N)c(C)c12. The Morgan fingerprint density at radius 3 is 2.65 bits per heavy atom. The van der Waals surface area contributed by atoms with E-state index in [1.807, 2.05) is 6.92 Å². The van der Waals surface area contributed by atoms with E-state index in [2.05, 4.69) is 28.3 Å². The van der Waals surface area contributed by atoms with Crippen LogP contribution >= 0.6 is 11.3 Å². The molecule has 3 aromatic rings. The summed E-state index contributed by atoms with van der Waals surface area (Å²) in [6.45, 7) is 4.78. The number of benzene rings is 1. The Morgan fingerprint density at radius 2 is 2.04 bits per heavy atom. The van der Waals surface area contributed by atoms with Crippen LogP contribution in [0.1, 0.15) is 34.1 Å². The van der Waals surface area contributed by atoms with Gasteiger partial charge >= 0.3 is 5.97 Å². The van der Waals surface area contributed by atoms with Crippen molar-refractivity contribution in [2.45, 2.75) is 20.3 Å². The van der Waals surface area contributed by atoms with E-state index < -0.39 is 0 Å². The minimum Gasteiger partial charge on any atom is -0.465 e. The Hall–Kier alpha value is -2.98. The van der Waals surface area contributed by atoms with Crippen LogP contribution < -0.4 is 5.32 Å². The number of nitriles is 1. The zero-order chi connectivity index (χ0) is 18.7. The van der Waals surface area contributed by atoms with Crippen LogP contribution in [0.5, 0.6) is 0 Å². The predicted molar refractivity (Wildman–Crippen MR) is 102 cm³/mol. The van der Waals surface area contributed by atoms with Gasteiger partial charge in [-0.15, -0.1) is 11.3 Å². The highest BCUT2D eigenvalue weighted by molar-refractivity contribution is 7.19. The van der Waals surface area contributed by atoms with Gasteiger partial charge < -0.3 is 10.1 Å². The summed E-state index contributed by atoms with van der Waals surface area (Å²) < 4.78 is 4.72. The van der Waals surface area contributed by atoms with Gasteiger partial charge in [-0.05, 0) is 31.0 Å². The number of carbonyl (C=O) groups excluding carboxylic acids is 1. The lowest BCUT2D eigenvalue weighted by Gasteiger charge is -2.09. The fraction of sp³-hybridized carbons (Fsp3) is 0.263. The third kappa shape index (κ3) is 3.24. The molecule has 0 spiro atoms. The Balaban J connectivity index is 2.11. The quantitative estimate of drug-likeness (QED) is 0.683. The second-order valence-electron chi connectivity index (χ2n) is 5.74.